The number of hydrogen-bond acceptors (Lipinski definition) is 5. The summed E-state index contributed by atoms with van der Waals surface area (Å²) in [7, 11) is 0. The van der Waals surface area contributed by atoms with E-state index in [0.29, 0.717) is 37.1 Å². The van der Waals surface area contributed by atoms with E-state index in [9.17, 15) is 19.7 Å². The third kappa shape index (κ3) is 3.77. The van der Waals surface area contributed by atoms with E-state index in [4.69, 9.17) is 0 Å². The normalized spacial score (nSPS) is 18.5. The van der Waals surface area contributed by atoms with Crippen LogP contribution in [-0.2, 0) is 4.79 Å². The molecule has 112 valence electrons. The maximum atomic E-state index is 11.3. The van der Waals surface area contributed by atoms with E-state index in [2.05, 4.69) is 10.6 Å². The Morgan fingerprint density at radius 2 is 2.19 bits per heavy atom. The van der Waals surface area contributed by atoms with Crippen LogP contribution >= 0.6 is 0 Å². The lowest BCUT2D eigenvalue weighted by Crippen LogP contribution is -2.23. The Balaban J connectivity index is 2.20. The van der Waals surface area contributed by atoms with E-state index in [1.165, 1.54) is 13.0 Å². The van der Waals surface area contributed by atoms with Crippen LogP contribution in [0.4, 0.5) is 11.4 Å². The Hall–Kier alpha value is -2.44. The van der Waals surface area contributed by atoms with Crippen molar-refractivity contribution in [3.8, 4) is 0 Å². The zero-order valence-corrected chi connectivity index (χ0v) is 11.7. The minimum absolute atomic E-state index is 0.000673. The Morgan fingerprint density at radius 3 is 2.86 bits per heavy atom. The van der Waals surface area contributed by atoms with Gasteiger partial charge < -0.3 is 10.6 Å². The van der Waals surface area contributed by atoms with Crippen molar-refractivity contribution < 1.29 is 14.5 Å². The van der Waals surface area contributed by atoms with Crippen molar-refractivity contribution in [3.05, 3.63) is 33.9 Å². The van der Waals surface area contributed by atoms with Crippen molar-refractivity contribution in [1.29, 1.82) is 0 Å². The standard InChI is InChI=1S/C14H17N3O4/c1-9(18)10-2-4-12(13(8-10)17(20)21)16-11-3-5-14(19)15-7-6-11/h2,4,8,11,16H,3,5-7H2,1H3,(H,15,19)/t11-/m1/s1. The number of Topliss-reactive ketones (excluding diaryl/α,β-unsaturated/α-hetero) is 1. The number of anilines is 1. The summed E-state index contributed by atoms with van der Waals surface area (Å²) in [5, 5.41) is 17.0. The first kappa shape index (κ1) is 15.0. The number of nitro groups is 1. The Labute approximate surface area is 121 Å². The molecule has 7 nitrogen and oxygen atoms in total. The molecule has 1 amide bonds. The largest absolute Gasteiger partial charge is 0.377 e. The van der Waals surface area contributed by atoms with Gasteiger partial charge in [0.15, 0.2) is 5.78 Å². The van der Waals surface area contributed by atoms with Gasteiger partial charge in [-0.15, -0.1) is 0 Å². The minimum Gasteiger partial charge on any atom is -0.377 e. The first-order valence-corrected chi connectivity index (χ1v) is 6.80. The summed E-state index contributed by atoms with van der Waals surface area (Å²) in [6, 6.07) is 4.39. The second-order valence-electron chi connectivity index (χ2n) is 5.06. The summed E-state index contributed by atoms with van der Waals surface area (Å²) in [6.07, 6.45) is 1.73. The molecule has 21 heavy (non-hydrogen) atoms. The van der Waals surface area contributed by atoms with Crippen LogP contribution in [0.3, 0.4) is 0 Å². The van der Waals surface area contributed by atoms with Crippen LogP contribution in [0.5, 0.6) is 0 Å². The van der Waals surface area contributed by atoms with Crippen molar-refractivity contribution in [2.75, 3.05) is 11.9 Å². The number of ketones is 1. The van der Waals surface area contributed by atoms with Crippen LogP contribution in [0, 0.1) is 10.1 Å². The Bertz CT molecular complexity index is 586. The second-order valence-corrected chi connectivity index (χ2v) is 5.06. The average molecular weight is 291 g/mol. The van der Waals surface area contributed by atoms with Gasteiger partial charge in [0.1, 0.15) is 5.69 Å². The van der Waals surface area contributed by atoms with E-state index in [1.54, 1.807) is 12.1 Å². The highest BCUT2D eigenvalue weighted by Gasteiger charge is 2.21. The molecule has 1 aliphatic heterocycles. The molecule has 0 saturated carbocycles. The molecule has 1 aliphatic rings. The minimum atomic E-state index is -0.505. The fourth-order valence-electron chi connectivity index (χ4n) is 2.31. The SMILES string of the molecule is CC(=O)c1ccc(N[C@H]2CCNC(=O)CC2)c([N+](=O)[O-])c1. The number of amides is 1. The summed E-state index contributed by atoms with van der Waals surface area (Å²) in [5.41, 5.74) is 0.570. The Morgan fingerprint density at radius 1 is 1.43 bits per heavy atom. The van der Waals surface area contributed by atoms with Gasteiger partial charge in [0.2, 0.25) is 5.91 Å². The first-order chi connectivity index (χ1) is 9.97. The summed E-state index contributed by atoms with van der Waals surface area (Å²) < 4.78 is 0. The van der Waals surface area contributed by atoms with E-state index in [1.807, 2.05) is 0 Å². The summed E-state index contributed by atoms with van der Waals surface area (Å²) in [5.74, 6) is -0.213. The highest BCUT2D eigenvalue weighted by Crippen LogP contribution is 2.27. The maximum absolute atomic E-state index is 11.3. The van der Waals surface area contributed by atoms with Crippen LogP contribution in [0.1, 0.15) is 36.5 Å². The van der Waals surface area contributed by atoms with Gasteiger partial charge in [0.05, 0.1) is 4.92 Å². The maximum Gasteiger partial charge on any atom is 0.293 e. The molecule has 2 N–H and O–H groups in total. The smallest absolute Gasteiger partial charge is 0.293 e. The number of nitrogens with one attached hydrogen (secondary N) is 2. The number of nitrogens with zero attached hydrogens (tertiary/aromatic N) is 1. The second kappa shape index (κ2) is 6.34. The van der Waals surface area contributed by atoms with Crippen molar-refractivity contribution in [3.63, 3.8) is 0 Å². The molecule has 1 heterocycles. The van der Waals surface area contributed by atoms with Gasteiger partial charge in [-0.25, -0.2) is 0 Å². The molecule has 0 radical (unpaired) electrons. The predicted octanol–water partition coefficient (Wildman–Crippen LogP) is 1.88. The van der Waals surface area contributed by atoms with Gasteiger partial charge in [-0.1, -0.05) is 0 Å². The number of hydrogen-bond donors (Lipinski definition) is 2. The molecule has 0 aliphatic carbocycles. The molecular formula is C14H17N3O4. The highest BCUT2D eigenvalue weighted by atomic mass is 16.6. The van der Waals surface area contributed by atoms with Gasteiger partial charge in [-0.05, 0) is 31.9 Å². The fourth-order valence-corrected chi connectivity index (χ4v) is 2.31. The average Bonchev–Trinajstić information content (AvgIpc) is 2.63. The van der Waals surface area contributed by atoms with Crippen molar-refractivity contribution >= 4 is 23.1 Å². The molecule has 0 unspecified atom stereocenters. The number of benzene rings is 1. The lowest BCUT2D eigenvalue weighted by atomic mass is 10.1. The van der Waals surface area contributed by atoms with Gasteiger partial charge in [0, 0.05) is 30.6 Å². The van der Waals surface area contributed by atoms with Crippen LogP contribution in [0.15, 0.2) is 18.2 Å². The molecule has 1 saturated heterocycles. The topological polar surface area (TPSA) is 101 Å². The van der Waals surface area contributed by atoms with Gasteiger partial charge in [-0.3, -0.25) is 19.7 Å². The number of nitro benzene ring substituents is 1. The molecule has 1 aromatic carbocycles. The quantitative estimate of drug-likeness (QED) is 0.501. The summed E-state index contributed by atoms with van der Waals surface area (Å²) >= 11 is 0. The lowest BCUT2D eigenvalue weighted by molar-refractivity contribution is -0.384. The molecule has 1 atom stereocenters. The molecule has 1 aromatic rings. The fraction of sp³-hybridized carbons (Fsp3) is 0.429. The van der Waals surface area contributed by atoms with Gasteiger partial charge >= 0.3 is 0 Å². The van der Waals surface area contributed by atoms with Crippen molar-refractivity contribution in [2.45, 2.75) is 32.2 Å². The molecule has 0 aromatic heterocycles. The summed E-state index contributed by atoms with van der Waals surface area (Å²) in [6.45, 7) is 1.92. The third-order valence-electron chi connectivity index (χ3n) is 3.50. The molecule has 0 spiro atoms. The summed E-state index contributed by atoms with van der Waals surface area (Å²) in [4.78, 5) is 33.2. The third-order valence-corrected chi connectivity index (χ3v) is 3.50. The molecule has 0 bridgehead atoms. The van der Waals surface area contributed by atoms with E-state index in [-0.39, 0.29) is 23.4 Å². The molecular weight excluding hydrogens is 274 g/mol. The number of carbonyl (C=O) groups excluding carboxylic acids is 2. The lowest BCUT2D eigenvalue weighted by Gasteiger charge is -2.17. The van der Waals surface area contributed by atoms with Crippen LogP contribution in [0.25, 0.3) is 0 Å². The number of carbonyl (C=O) groups is 2. The van der Waals surface area contributed by atoms with Gasteiger partial charge in [-0.2, -0.15) is 0 Å². The van der Waals surface area contributed by atoms with Crippen LogP contribution in [0.2, 0.25) is 0 Å². The Kier molecular flexibility index (Phi) is 4.52. The molecule has 1 fully saturated rings. The van der Waals surface area contributed by atoms with Crippen molar-refractivity contribution in [1.82, 2.24) is 5.32 Å². The highest BCUT2D eigenvalue weighted by molar-refractivity contribution is 5.95. The first-order valence-electron chi connectivity index (χ1n) is 6.80. The zero-order valence-electron chi connectivity index (χ0n) is 11.7. The van der Waals surface area contributed by atoms with Crippen molar-refractivity contribution in [2.24, 2.45) is 0 Å². The predicted molar refractivity (Wildman–Crippen MR) is 77.4 cm³/mol. The van der Waals surface area contributed by atoms with Crippen LogP contribution < -0.4 is 10.6 Å². The zero-order chi connectivity index (χ0) is 15.4. The van der Waals surface area contributed by atoms with E-state index >= 15 is 0 Å². The van der Waals surface area contributed by atoms with Gasteiger partial charge in [0.25, 0.3) is 5.69 Å². The monoisotopic (exact) mass is 291 g/mol. The van der Waals surface area contributed by atoms with E-state index in [0.717, 1.165) is 0 Å². The van der Waals surface area contributed by atoms with Crippen LogP contribution in [-0.4, -0.2) is 29.2 Å². The molecule has 2 rings (SSSR count). The van der Waals surface area contributed by atoms with E-state index < -0.39 is 4.92 Å². The number of rotatable bonds is 4. The molecule has 7 heteroatoms.